The predicted molar refractivity (Wildman–Crippen MR) is 62.6 cm³/mol. The van der Waals surface area contributed by atoms with Crippen LogP contribution in [0.4, 0.5) is 0 Å². The van der Waals surface area contributed by atoms with Crippen molar-refractivity contribution in [3.8, 4) is 0 Å². The van der Waals surface area contributed by atoms with Crippen molar-refractivity contribution in [1.29, 1.82) is 0 Å². The molecule has 0 aliphatic rings. The van der Waals surface area contributed by atoms with Crippen molar-refractivity contribution >= 4 is 11.8 Å². The molecule has 1 N–H and O–H groups in total. The van der Waals surface area contributed by atoms with Gasteiger partial charge >= 0.3 is 0 Å². The summed E-state index contributed by atoms with van der Waals surface area (Å²) in [5.41, 5.74) is 0. The molecule has 0 fully saturated rings. The minimum absolute atomic E-state index is 0.0856. The first-order valence-corrected chi connectivity index (χ1v) is 5.68. The summed E-state index contributed by atoms with van der Waals surface area (Å²) in [4.78, 5) is 1.17. The minimum Gasteiger partial charge on any atom is -0.392 e. The van der Waals surface area contributed by atoms with Gasteiger partial charge < -0.3 is 5.11 Å². The van der Waals surface area contributed by atoms with Crippen LogP contribution in [-0.2, 0) is 0 Å². The standard InChI is InChI=1S/C12H16OS/c1-3-11(13)12(4-2)14-10-8-6-5-7-9-10/h4-9,11-13H,2-3H2,1H3. The van der Waals surface area contributed by atoms with Gasteiger partial charge in [-0.25, -0.2) is 0 Å². The lowest BCUT2D eigenvalue weighted by molar-refractivity contribution is 0.179. The molecule has 0 bridgehead atoms. The van der Waals surface area contributed by atoms with E-state index in [4.69, 9.17) is 0 Å². The van der Waals surface area contributed by atoms with E-state index in [-0.39, 0.29) is 11.4 Å². The normalized spacial score (nSPS) is 14.7. The first kappa shape index (κ1) is 11.3. The van der Waals surface area contributed by atoms with Crippen molar-refractivity contribution in [2.45, 2.75) is 29.6 Å². The van der Waals surface area contributed by atoms with E-state index in [0.29, 0.717) is 0 Å². The zero-order valence-electron chi connectivity index (χ0n) is 8.39. The highest BCUT2D eigenvalue weighted by molar-refractivity contribution is 8.00. The molecule has 1 nitrogen and oxygen atoms in total. The topological polar surface area (TPSA) is 20.2 Å². The molecule has 0 aliphatic carbocycles. The first-order chi connectivity index (χ1) is 6.77. The summed E-state index contributed by atoms with van der Waals surface area (Å²) in [5, 5.41) is 9.77. The lowest BCUT2D eigenvalue weighted by atomic mass is 10.2. The van der Waals surface area contributed by atoms with Gasteiger partial charge in [-0.3, -0.25) is 0 Å². The molecule has 76 valence electrons. The Labute approximate surface area is 89.8 Å². The van der Waals surface area contributed by atoms with Gasteiger partial charge in [0.05, 0.1) is 11.4 Å². The van der Waals surface area contributed by atoms with Crippen molar-refractivity contribution in [1.82, 2.24) is 0 Å². The molecule has 2 atom stereocenters. The van der Waals surface area contributed by atoms with E-state index in [1.807, 2.05) is 43.3 Å². The van der Waals surface area contributed by atoms with Crippen LogP contribution >= 0.6 is 11.8 Å². The second kappa shape index (κ2) is 5.89. The molecule has 0 amide bonds. The fraction of sp³-hybridized carbons (Fsp3) is 0.333. The average Bonchev–Trinajstić information content (AvgIpc) is 2.26. The quantitative estimate of drug-likeness (QED) is 0.592. The lowest BCUT2D eigenvalue weighted by Gasteiger charge is -2.17. The number of hydrogen-bond donors (Lipinski definition) is 1. The molecule has 0 radical (unpaired) electrons. The molecule has 0 spiro atoms. The Balaban J connectivity index is 2.61. The van der Waals surface area contributed by atoms with Crippen LogP contribution in [0.2, 0.25) is 0 Å². The Bertz CT molecular complexity index is 271. The monoisotopic (exact) mass is 208 g/mol. The van der Waals surface area contributed by atoms with E-state index in [1.54, 1.807) is 11.8 Å². The molecular weight excluding hydrogens is 192 g/mol. The molecular formula is C12H16OS. The Hall–Kier alpha value is -0.730. The second-order valence-corrected chi connectivity index (χ2v) is 4.36. The summed E-state index contributed by atoms with van der Waals surface area (Å²) in [6.45, 7) is 5.72. The third-order valence-electron chi connectivity index (χ3n) is 2.05. The van der Waals surface area contributed by atoms with Gasteiger partial charge in [0.1, 0.15) is 0 Å². The number of rotatable bonds is 5. The van der Waals surface area contributed by atoms with Crippen molar-refractivity contribution in [3.05, 3.63) is 43.0 Å². The van der Waals surface area contributed by atoms with Crippen LogP contribution in [0, 0.1) is 0 Å². The summed E-state index contributed by atoms with van der Waals surface area (Å²) in [6, 6.07) is 10.1. The van der Waals surface area contributed by atoms with Gasteiger partial charge in [0.25, 0.3) is 0 Å². The van der Waals surface area contributed by atoms with Gasteiger partial charge in [-0.15, -0.1) is 18.3 Å². The van der Waals surface area contributed by atoms with Gasteiger partial charge in [0.15, 0.2) is 0 Å². The fourth-order valence-corrected chi connectivity index (χ4v) is 2.25. The summed E-state index contributed by atoms with van der Waals surface area (Å²) in [6.07, 6.45) is 2.26. The summed E-state index contributed by atoms with van der Waals surface area (Å²) in [7, 11) is 0. The molecule has 0 aromatic heterocycles. The van der Waals surface area contributed by atoms with Crippen LogP contribution in [0.3, 0.4) is 0 Å². The largest absolute Gasteiger partial charge is 0.392 e. The van der Waals surface area contributed by atoms with E-state index >= 15 is 0 Å². The number of aliphatic hydroxyl groups is 1. The predicted octanol–water partition coefficient (Wildman–Crippen LogP) is 3.10. The van der Waals surface area contributed by atoms with Gasteiger partial charge in [-0.05, 0) is 18.6 Å². The molecule has 0 saturated carbocycles. The van der Waals surface area contributed by atoms with Crippen LogP contribution in [0.1, 0.15) is 13.3 Å². The summed E-state index contributed by atoms with van der Waals surface area (Å²) >= 11 is 1.65. The van der Waals surface area contributed by atoms with Crippen molar-refractivity contribution < 1.29 is 5.11 Å². The SMILES string of the molecule is C=CC(Sc1ccccc1)C(O)CC. The smallest absolute Gasteiger partial charge is 0.0694 e. The van der Waals surface area contributed by atoms with Crippen LogP contribution in [-0.4, -0.2) is 16.5 Å². The number of thioether (sulfide) groups is 1. The summed E-state index contributed by atoms with van der Waals surface area (Å²) in [5.74, 6) is 0. The van der Waals surface area contributed by atoms with Crippen molar-refractivity contribution in [3.63, 3.8) is 0 Å². The third-order valence-corrected chi connectivity index (χ3v) is 3.37. The number of aliphatic hydroxyl groups excluding tert-OH is 1. The molecule has 1 aromatic rings. The average molecular weight is 208 g/mol. The molecule has 2 unspecified atom stereocenters. The van der Waals surface area contributed by atoms with E-state index in [9.17, 15) is 5.11 Å². The van der Waals surface area contributed by atoms with Crippen LogP contribution in [0.25, 0.3) is 0 Å². The number of hydrogen-bond acceptors (Lipinski definition) is 2. The van der Waals surface area contributed by atoms with Crippen molar-refractivity contribution in [2.75, 3.05) is 0 Å². The first-order valence-electron chi connectivity index (χ1n) is 4.80. The van der Waals surface area contributed by atoms with Gasteiger partial charge in [-0.2, -0.15) is 0 Å². The van der Waals surface area contributed by atoms with Gasteiger partial charge in [0.2, 0.25) is 0 Å². The van der Waals surface area contributed by atoms with Crippen LogP contribution in [0.5, 0.6) is 0 Å². The molecule has 0 aliphatic heterocycles. The Kier molecular flexibility index (Phi) is 4.77. The highest BCUT2D eigenvalue weighted by Gasteiger charge is 2.14. The molecule has 1 aromatic carbocycles. The maximum atomic E-state index is 9.69. The minimum atomic E-state index is -0.308. The van der Waals surface area contributed by atoms with Crippen molar-refractivity contribution in [2.24, 2.45) is 0 Å². The zero-order chi connectivity index (χ0) is 10.4. The highest BCUT2D eigenvalue weighted by atomic mass is 32.2. The molecule has 0 saturated heterocycles. The Morgan fingerprint density at radius 2 is 2.07 bits per heavy atom. The van der Waals surface area contributed by atoms with E-state index in [2.05, 4.69) is 6.58 Å². The van der Waals surface area contributed by atoms with E-state index in [1.165, 1.54) is 4.90 Å². The highest BCUT2D eigenvalue weighted by Crippen LogP contribution is 2.26. The Morgan fingerprint density at radius 3 is 2.57 bits per heavy atom. The number of benzene rings is 1. The van der Waals surface area contributed by atoms with Crippen LogP contribution < -0.4 is 0 Å². The molecule has 14 heavy (non-hydrogen) atoms. The van der Waals surface area contributed by atoms with E-state index in [0.717, 1.165) is 6.42 Å². The Morgan fingerprint density at radius 1 is 1.43 bits per heavy atom. The molecule has 0 heterocycles. The maximum Gasteiger partial charge on any atom is 0.0694 e. The molecule has 2 heteroatoms. The van der Waals surface area contributed by atoms with Gasteiger partial charge in [0, 0.05) is 4.90 Å². The lowest BCUT2D eigenvalue weighted by Crippen LogP contribution is -2.19. The van der Waals surface area contributed by atoms with Crippen LogP contribution in [0.15, 0.2) is 47.9 Å². The van der Waals surface area contributed by atoms with E-state index < -0.39 is 0 Å². The zero-order valence-corrected chi connectivity index (χ0v) is 9.20. The fourth-order valence-electron chi connectivity index (χ4n) is 1.17. The second-order valence-electron chi connectivity index (χ2n) is 3.11. The van der Waals surface area contributed by atoms with Gasteiger partial charge in [-0.1, -0.05) is 31.2 Å². The third kappa shape index (κ3) is 3.20. The summed E-state index contributed by atoms with van der Waals surface area (Å²) < 4.78 is 0. The molecule has 1 rings (SSSR count). The maximum absolute atomic E-state index is 9.69.